The predicted molar refractivity (Wildman–Crippen MR) is 158 cm³/mol. The van der Waals surface area contributed by atoms with E-state index >= 15 is 0 Å². The molecule has 10 heteroatoms. The van der Waals surface area contributed by atoms with Crippen LogP contribution in [0.3, 0.4) is 0 Å². The van der Waals surface area contributed by atoms with Crippen molar-refractivity contribution in [2.24, 2.45) is 5.16 Å². The minimum atomic E-state index is -0.422. The lowest BCUT2D eigenvalue weighted by atomic mass is 9.99. The van der Waals surface area contributed by atoms with Crippen molar-refractivity contribution in [3.8, 4) is 34.1 Å². The van der Waals surface area contributed by atoms with E-state index in [1.54, 1.807) is 45.4 Å². The number of ether oxygens (including phenoxy) is 4. The zero-order valence-corrected chi connectivity index (χ0v) is 24.1. The van der Waals surface area contributed by atoms with E-state index in [1.165, 1.54) is 7.11 Å². The van der Waals surface area contributed by atoms with E-state index in [1.807, 2.05) is 45.3 Å². The molecule has 0 radical (unpaired) electrons. The second-order valence-electron chi connectivity index (χ2n) is 9.42. The summed E-state index contributed by atoms with van der Waals surface area (Å²) in [5, 5.41) is 18.3. The summed E-state index contributed by atoms with van der Waals surface area (Å²) in [6, 6.07) is 14.1. The highest BCUT2D eigenvalue weighted by Crippen LogP contribution is 2.42. The zero-order valence-electron chi connectivity index (χ0n) is 24.1. The van der Waals surface area contributed by atoms with Gasteiger partial charge in [-0.05, 0) is 69.8 Å². The van der Waals surface area contributed by atoms with Crippen molar-refractivity contribution in [2.75, 3.05) is 59.2 Å². The van der Waals surface area contributed by atoms with Crippen molar-refractivity contribution in [2.45, 2.75) is 20.3 Å². The summed E-state index contributed by atoms with van der Waals surface area (Å²) >= 11 is 0. The summed E-state index contributed by atoms with van der Waals surface area (Å²) in [5.74, 6) is 2.14. The monoisotopic (exact) mass is 550 g/mol. The number of urea groups is 1. The largest absolute Gasteiger partial charge is 0.496 e. The second kappa shape index (κ2) is 14.1. The average molecular weight is 551 g/mol. The van der Waals surface area contributed by atoms with Crippen molar-refractivity contribution >= 4 is 23.1 Å². The SMILES string of the molecule is COc1cc(-c2cc(NC(=O)Nc3cc(OCCCN(C)C)ccc3C)cc(OC)c2OC)ccc1/C(C)=N/O. The Morgan fingerprint density at radius 3 is 2.35 bits per heavy atom. The molecule has 0 bridgehead atoms. The average Bonchev–Trinajstić information content (AvgIpc) is 2.95. The van der Waals surface area contributed by atoms with Crippen LogP contribution < -0.4 is 29.6 Å². The van der Waals surface area contributed by atoms with Crippen LogP contribution in [-0.2, 0) is 0 Å². The Morgan fingerprint density at radius 2 is 1.70 bits per heavy atom. The van der Waals surface area contributed by atoms with Crippen LogP contribution in [0.2, 0.25) is 0 Å². The number of hydrogen-bond acceptors (Lipinski definition) is 8. The Hall–Kier alpha value is -4.44. The molecule has 0 aliphatic heterocycles. The van der Waals surface area contributed by atoms with Crippen LogP contribution in [-0.4, -0.2) is 70.4 Å². The van der Waals surface area contributed by atoms with Gasteiger partial charge in [0.05, 0.1) is 33.6 Å². The first kappa shape index (κ1) is 30.1. The van der Waals surface area contributed by atoms with E-state index < -0.39 is 6.03 Å². The molecule has 0 fully saturated rings. The molecule has 0 aliphatic rings. The fraction of sp³-hybridized carbons (Fsp3) is 0.333. The van der Waals surface area contributed by atoms with Crippen molar-refractivity contribution < 1.29 is 28.9 Å². The molecule has 10 nitrogen and oxygen atoms in total. The van der Waals surface area contributed by atoms with Gasteiger partial charge in [0.25, 0.3) is 0 Å². The number of oxime groups is 1. The molecule has 0 aromatic heterocycles. The molecule has 3 aromatic rings. The normalized spacial score (nSPS) is 11.2. The molecule has 2 amide bonds. The molecule has 3 N–H and O–H groups in total. The van der Waals surface area contributed by atoms with Crippen LogP contribution in [0.15, 0.2) is 53.7 Å². The van der Waals surface area contributed by atoms with Crippen LogP contribution in [0.5, 0.6) is 23.0 Å². The number of nitrogens with zero attached hydrogens (tertiary/aromatic N) is 2. The highest BCUT2D eigenvalue weighted by molar-refractivity contribution is 6.02. The first-order chi connectivity index (χ1) is 19.2. The van der Waals surface area contributed by atoms with Crippen molar-refractivity contribution in [3.63, 3.8) is 0 Å². The van der Waals surface area contributed by atoms with E-state index in [2.05, 4.69) is 20.7 Å². The van der Waals surface area contributed by atoms with Crippen LogP contribution in [0.4, 0.5) is 16.2 Å². The summed E-state index contributed by atoms with van der Waals surface area (Å²) in [6.45, 7) is 5.11. The lowest BCUT2D eigenvalue weighted by Gasteiger charge is -2.18. The maximum absolute atomic E-state index is 13.0. The van der Waals surface area contributed by atoms with Crippen LogP contribution >= 0.6 is 0 Å². The molecule has 40 heavy (non-hydrogen) atoms. The Balaban J connectivity index is 1.86. The molecule has 0 heterocycles. The zero-order chi connectivity index (χ0) is 29.2. The highest BCUT2D eigenvalue weighted by atomic mass is 16.5. The maximum atomic E-state index is 13.0. The summed E-state index contributed by atoms with van der Waals surface area (Å²) in [5.41, 5.74) is 4.52. The van der Waals surface area contributed by atoms with Gasteiger partial charge in [0, 0.05) is 41.2 Å². The van der Waals surface area contributed by atoms with E-state index in [9.17, 15) is 10.0 Å². The van der Waals surface area contributed by atoms with Crippen LogP contribution in [0, 0.1) is 6.92 Å². The fourth-order valence-corrected chi connectivity index (χ4v) is 4.14. The van der Waals surface area contributed by atoms with Gasteiger partial charge in [-0.1, -0.05) is 17.3 Å². The molecule has 0 unspecified atom stereocenters. The van der Waals surface area contributed by atoms with Crippen molar-refractivity contribution in [3.05, 3.63) is 59.7 Å². The van der Waals surface area contributed by atoms with Gasteiger partial charge in [-0.2, -0.15) is 0 Å². The summed E-state index contributed by atoms with van der Waals surface area (Å²) < 4.78 is 22.6. The third kappa shape index (κ3) is 7.57. The summed E-state index contributed by atoms with van der Waals surface area (Å²) in [7, 11) is 8.67. The molecule has 0 atom stereocenters. The third-order valence-electron chi connectivity index (χ3n) is 6.26. The summed E-state index contributed by atoms with van der Waals surface area (Å²) in [6.07, 6.45) is 0.898. The molecule has 0 aliphatic carbocycles. The number of carbonyl (C=O) groups excluding carboxylic acids is 1. The molecule has 214 valence electrons. The Kier molecular flexibility index (Phi) is 10.6. The Morgan fingerprint density at radius 1 is 0.950 bits per heavy atom. The number of amides is 2. The molecule has 0 saturated heterocycles. The molecular formula is C30H38N4O6. The maximum Gasteiger partial charge on any atom is 0.323 e. The first-order valence-corrected chi connectivity index (χ1v) is 12.8. The lowest BCUT2D eigenvalue weighted by Crippen LogP contribution is -2.20. The number of anilines is 2. The van der Waals surface area contributed by atoms with E-state index in [0.29, 0.717) is 57.8 Å². The number of benzene rings is 3. The van der Waals surface area contributed by atoms with Gasteiger partial charge in [-0.15, -0.1) is 0 Å². The third-order valence-corrected chi connectivity index (χ3v) is 6.26. The second-order valence-corrected chi connectivity index (χ2v) is 9.42. The van der Waals surface area contributed by atoms with Crippen LogP contribution in [0.25, 0.3) is 11.1 Å². The molecule has 3 rings (SSSR count). The smallest absolute Gasteiger partial charge is 0.323 e. The molecule has 0 saturated carbocycles. The number of nitrogens with one attached hydrogen (secondary N) is 2. The van der Waals surface area contributed by atoms with Crippen molar-refractivity contribution in [1.82, 2.24) is 4.90 Å². The van der Waals surface area contributed by atoms with Gasteiger partial charge in [0.2, 0.25) is 0 Å². The van der Waals surface area contributed by atoms with E-state index in [0.717, 1.165) is 24.1 Å². The van der Waals surface area contributed by atoms with E-state index in [-0.39, 0.29) is 0 Å². The first-order valence-electron chi connectivity index (χ1n) is 12.8. The minimum absolute atomic E-state index is 0.415. The van der Waals surface area contributed by atoms with E-state index in [4.69, 9.17) is 18.9 Å². The van der Waals surface area contributed by atoms with Gasteiger partial charge < -0.3 is 39.7 Å². The minimum Gasteiger partial charge on any atom is -0.496 e. The summed E-state index contributed by atoms with van der Waals surface area (Å²) in [4.78, 5) is 15.1. The number of aryl methyl sites for hydroxylation is 1. The molecule has 3 aromatic carbocycles. The Labute approximate surface area is 235 Å². The standard InChI is InChI=1S/C30H38N4O6/c1-19-9-11-23(40-14-8-13-34(3)4)18-26(19)32-30(35)31-22-16-25(29(39-7)28(17-22)38-6)21-10-12-24(20(2)33-36)27(15-21)37-5/h9-12,15-18,36H,8,13-14H2,1-7H3,(H2,31,32,35)/b33-20+. The highest BCUT2D eigenvalue weighted by Gasteiger charge is 2.18. The van der Waals surface area contributed by atoms with Gasteiger partial charge >= 0.3 is 6.03 Å². The molecular weight excluding hydrogens is 512 g/mol. The molecule has 0 spiro atoms. The predicted octanol–water partition coefficient (Wildman–Crippen LogP) is 5.86. The van der Waals surface area contributed by atoms with Gasteiger partial charge in [-0.25, -0.2) is 4.79 Å². The lowest BCUT2D eigenvalue weighted by molar-refractivity contribution is 0.262. The number of carbonyl (C=O) groups is 1. The number of hydrogen-bond donors (Lipinski definition) is 3. The fourth-order valence-electron chi connectivity index (χ4n) is 4.14. The number of rotatable bonds is 12. The van der Waals surface area contributed by atoms with Gasteiger partial charge in [0.1, 0.15) is 11.5 Å². The van der Waals surface area contributed by atoms with Gasteiger partial charge in [-0.3, -0.25) is 0 Å². The van der Waals surface area contributed by atoms with Gasteiger partial charge in [0.15, 0.2) is 11.5 Å². The Bertz CT molecular complexity index is 1360. The number of methoxy groups -OCH3 is 3. The van der Waals surface area contributed by atoms with Crippen molar-refractivity contribution in [1.29, 1.82) is 0 Å². The topological polar surface area (TPSA) is 114 Å². The van der Waals surface area contributed by atoms with Crippen LogP contribution in [0.1, 0.15) is 24.5 Å². The quantitative estimate of drug-likeness (QED) is 0.112.